The van der Waals surface area contributed by atoms with Crippen LogP contribution < -0.4 is 4.74 Å². The second kappa shape index (κ2) is 10.9. The fraction of sp³-hybridized carbons (Fsp3) is 0.0189. The molecule has 1 spiro atoms. The number of aromatic nitrogens is 2. The van der Waals surface area contributed by atoms with E-state index in [4.69, 9.17) is 4.74 Å². The van der Waals surface area contributed by atoms with E-state index in [0.717, 1.165) is 34.0 Å². The minimum absolute atomic E-state index is 0.546. The lowest BCUT2D eigenvalue weighted by Gasteiger charge is -2.39. The third kappa shape index (κ3) is 3.72. The minimum atomic E-state index is -0.546. The molecule has 0 atom stereocenters. The van der Waals surface area contributed by atoms with Gasteiger partial charge in [-0.3, -0.25) is 0 Å². The van der Waals surface area contributed by atoms with Gasteiger partial charge < -0.3 is 13.9 Å². The zero-order valence-electron chi connectivity index (χ0n) is 30.3. The molecule has 3 nitrogen and oxygen atoms in total. The molecular weight excluding hydrogens is 681 g/mol. The summed E-state index contributed by atoms with van der Waals surface area (Å²) in [6, 6.07) is 71.1. The number of benzene rings is 9. The number of nitrogens with zero attached hydrogens (tertiary/aromatic N) is 2. The third-order valence-corrected chi connectivity index (χ3v) is 12.6. The first-order valence-corrected chi connectivity index (χ1v) is 19.4. The second-order valence-corrected chi connectivity index (χ2v) is 15.2. The first-order chi connectivity index (χ1) is 27.8. The molecule has 0 bridgehead atoms. The van der Waals surface area contributed by atoms with E-state index in [-0.39, 0.29) is 0 Å². The topological polar surface area (TPSA) is 19.1 Å². The molecule has 0 radical (unpaired) electrons. The SMILES string of the molecule is c1ccc2c(c1)Oc1cc3c4ccc5ccccc5c4n(-c4ccc(-n5c6ccccc6c6ccccc65)cc4)c3cc1C21c2ccccc2-c2ccccc21. The largest absolute Gasteiger partial charge is 0.457 e. The molecule has 13 rings (SSSR count). The van der Waals surface area contributed by atoms with Crippen LogP contribution in [0.4, 0.5) is 0 Å². The summed E-state index contributed by atoms with van der Waals surface area (Å²) in [4.78, 5) is 0. The van der Waals surface area contributed by atoms with E-state index in [1.807, 2.05) is 0 Å². The Kier molecular flexibility index (Phi) is 5.83. The standard InChI is InChI=1S/C53H32N2O/c1-2-14-36-33(13-1)25-30-41-42-31-51-46(53(45-21-9-12-24-50(45)56-51)43-19-7-3-15-37(43)38-16-4-8-20-44(38)53)32-49(42)55(52(36)41)35-28-26-34(27-29-35)54-47-22-10-5-17-39(47)40-18-6-11-23-48(40)54/h1-32H. The summed E-state index contributed by atoms with van der Waals surface area (Å²) in [7, 11) is 0. The summed E-state index contributed by atoms with van der Waals surface area (Å²) in [6.07, 6.45) is 0. The Hall–Kier alpha value is -7.36. The van der Waals surface area contributed by atoms with Crippen molar-refractivity contribution >= 4 is 54.4 Å². The highest BCUT2D eigenvalue weighted by molar-refractivity contribution is 6.19. The third-order valence-electron chi connectivity index (χ3n) is 12.6. The average Bonchev–Trinajstić information content (AvgIpc) is 3.88. The van der Waals surface area contributed by atoms with E-state index in [9.17, 15) is 0 Å². The van der Waals surface area contributed by atoms with Gasteiger partial charge in [-0.15, -0.1) is 0 Å². The quantitative estimate of drug-likeness (QED) is 0.175. The van der Waals surface area contributed by atoms with Gasteiger partial charge in [0, 0.05) is 49.4 Å². The van der Waals surface area contributed by atoms with Crippen molar-refractivity contribution < 1.29 is 4.74 Å². The molecule has 2 aliphatic rings. The van der Waals surface area contributed by atoms with Crippen molar-refractivity contribution in [3.05, 3.63) is 216 Å². The van der Waals surface area contributed by atoms with Crippen molar-refractivity contribution in [2.45, 2.75) is 5.41 Å². The highest BCUT2D eigenvalue weighted by Gasteiger charge is 2.51. The van der Waals surface area contributed by atoms with Crippen molar-refractivity contribution in [1.82, 2.24) is 9.13 Å². The molecule has 9 aromatic carbocycles. The van der Waals surface area contributed by atoms with Crippen LogP contribution >= 0.6 is 0 Å². The minimum Gasteiger partial charge on any atom is -0.457 e. The van der Waals surface area contributed by atoms with Crippen LogP contribution in [0.15, 0.2) is 194 Å². The Labute approximate surface area is 322 Å². The van der Waals surface area contributed by atoms with Gasteiger partial charge in [0.05, 0.1) is 27.5 Å². The molecule has 0 saturated carbocycles. The zero-order valence-corrected chi connectivity index (χ0v) is 30.3. The molecule has 0 N–H and O–H groups in total. The predicted octanol–water partition coefficient (Wildman–Crippen LogP) is 13.5. The number of rotatable bonds is 2. The number of fused-ring (bicyclic) bond motifs is 17. The highest BCUT2D eigenvalue weighted by atomic mass is 16.5. The molecule has 260 valence electrons. The van der Waals surface area contributed by atoms with Gasteiger partial charge in [-0.2, -0.15) is 0 Å². The Balaban J connectivity index is 1.13. The predicted molar refractivity (Wildman–Crippen MR) is 230 cm³/mol. The molecule has 11 aromatic rings. The summed E-state index contributed by atoms with van der Waals surface area (Å²) in [5.41, 5.74) is 13.9. The molecule has 0 unspecified atom stereocenters. The van der Waals surface area contributed by atoms with Gasteiger partial charge in [0.15, 0.2) is 0 Å². The first-order valence-electron chi connectivity index (χ1n) is 19.4. The summed E-state index contributed by atoms with van der Waals surface area (Å²) >= 11 is 0. The number of hydrogen-bond donors (Lipinski definition) is 0. The maximum Gasteiger partial charge on any atom is 0.133 e. The van der Waals surface area contributed by atoms with Crippen LogP contribution in [-0.4, -0.2) is 9.13 Å². The van der Waals surface area contributed by atoms with E-state index < -0.39 is 5.41 Å². The summed E-state index contributed by atoms with van der Waals surface area (Å²) in [5, 5.41) is 7.34. The molecule has 1 aliphatic heterocycles. The van der Waals surface area contributed by atoms with Crippen molar-refractivity contribution in [2.75, 3.05) is 0 Å². The molecule has 2 aromatic heterocycles. The molecule has 3 heteroatoms. The molecule has 0 saturated heterocycles. The smallest absolute Gasteiger partial charge is 0.133 e. The normalized spacial score (nSPS) is 13.6. The van der Waals surface area contributed by atoms with Gasteiger partial charge in [-0.1, -0.05) is 140 Å². The number of hydrogen-bond acceptors (Lipinski definition) is 1. The Morgan fingerprint density at radius 2 is 0.893 bits per heavy atom. The maximum atomic E-state index is 6.97. The van der Waals surface area contributed by atoms with Crippen molar-refractivity contribution in [2.24, 2.45) is 0 Å². The van der Waals surface area contributed by atoms with Gasteiger partial charge in [0.1, 0.15) is 11.5 Å². The molecule has 0 fully saturated rings. The Bertz CT molecular complexity index is 3360. The van der Waals surface area contributed by atoms with Gasteiger partial charge in [-0.25, -0.2) is 0 Å². The van der Waals surface area contributed by atoms with E-state index in [2.05, 4.69) is 203 Å². The van der Waals surface area contributed by atoms with Crippen LogP contribution in [0.25, 0.3) is 76.9 Å². The highest BCUT2D eigenvalue weighted by Crippen LogP contribution is 2.62. The van der Waals surface area contributed by atoms with E-state index in [1.165, 1.54) is 76.7 Å². The summed E-state index contributed by atoms with van der Waals surface area (Å²) in [6.45, 7) is 0. The van der Waals surface area contributed by atoms with Crippen LogP contribution in [0.5, 0.6) is 11.5 Å². The lowest BCUT2D eigenvalue weighted by atomic mass is 9.66. The van der Waals surface area contributed by atoms with Gasteiger partial charge >= 0.3 is 0 Å². The first kappa shape index (κ1) is 30.0. The monoisotopic (exact) mass is 712 g/mol. The van der Waals surface area contributed by atoms with Crippen LogP contribution in [0.3, 0.4) is 0 Å². The van der Waals surface area contributed by atoms with Crippen LogP contribution in [0.2, 0.25) is 0 Å². The molecular formula is C53H32N2O. The summed E-state index contributed by atoms with van der Waals surface area (Å²) < 4.78 is 11.8. The fourth-order valence-corrected chi connectivity index (χ4v) is 10.3. The number of para-hydroxylation sites is 3. The molecule has 0 amide bonds. The van der Waals surface area contributed by atoms with Gasteiger partial charge in [0.2, 0.25) is 0 Å². The van der Waals surface area contributed by atoms with Gasteiger partial charge in [-0.05, 0) is 82.2 Å². The molecule has 1 aliphatic carbocycles. The Morgan fingerprint density at radius 3 is 1.59 bits per heavy atom. The Morgan fingerprint density at radius 1 is 0.339 bits per heavy atom. The zero-order chi connectivity index (χ0) is 36.5. The number of ether oxygens (including phenoxy) is 1. The summed E-state index contributed by atoms with van der Waals surface area (Å²) in [5.74, 6) is 1.80. The van der Waals surface area contributed by atoms with E-state index in [1.54, 1.807) is 0 Å². The molecule has 56 heavy (non-hydrogen) atoms. The van der Waals surface area contributed by atoms with Crippen LogP contribution in [0.1, 0.15) is 22.3 Å². The van der Waals surface area contributed by atoms with Crippen LogP contribution in [-0.2, 0) is 5.41 Å². The van der Waals surface area contributed by atoms with Crippen LogP contribution in [0, 0.1) is 0 Å². The van der Waals surface area contributed by atoms with E-state index >= 15 is 0 Å². The van der Waals surface area contributed by atoms with Crippen molar-refractivity contribution in [1.29, 1.82) is 0 Å². The van der Waals surface area contributed by atoms with Gasteiger partial charge in [0.25, 0.3) is 0 Å². The second-order valence-electron chi connectivity index (χ2n) is 15.2. The lowest BCUT2D eigenvalue weighted by Crippen LogP contribution is -2.32. The average molecular weight is 713 g/mol. The van der Waals surface area contributed by atoms with Crippen molar-refractivity contribution in [3.63, 3.8) is 0 Å². The van der Waals surface area contributed by atoms with Crippen molar-refractivity contribution in [3.8, 4) is 34.0 Å². The molecule has 3 heterocycles. The maximum absolute atomic E-state index is 6.97. The lowest BCUT2D eigenvalue weighted by molar-refractivity contribution is 0.437. The van der Waals surface area contributed by atoms with E-state index in [0.29, 0.717) is 0 Å². The fourth-order valence-electron chi connectivity index (χ4n) is 10.3.